The van der Waals surface area contributed by atoms with E-state index in [4.69, 9.17) is 23.2 Å². The number of hydrogen-bond acceptors (Lipinski definition) is 6. The van der Waals surface area contributed by atoms with Gasteiger partial charge in [0.05, 0.1) is 17.3 Å². The van der Waals surface area contributed by atoms with Gasteiger partial charge in [-0.25, -0.2) is 4.39 Å². The molecule has 0 bridgehead atoms. The Hall–Kier alpha value is -2.49. The molecule has 144 valence electrons. The van der Waals surface area contributed by atoms with Gasteiger partial charge in [-0.15, -0.1) is 10.2 Å². The first-order valence-corrected chi connectivity index (χ1v) is 9.76. The molecule has 1 aromatic carbocycles. The van der Waals surface area contributed by atoms with Crippen LogP contribution in [0.25, 0.3) is 10.7 Å². The van der Waals surface area contributed by atoms with Gasteiger partial charge in [0.2, 0.25) is 5.13 Å². The summed E-state index contributed by atoms with van der Waals surface area (Å²) < 4.78 is 17.2. The van der Waals surface area contributed by atoms with E-state index in [0.717, 1.165) is 5.69 Å². The topological polar surface area (TPSA) is 73.5 Å². The second-order valence-electron chi connectivity index (χ2n) is 6.01. The van der Waals surface area contributed by atoms with Crippen molar-refractivity contribution in [3.8, 4) is 10.7 Å². The van der Waals surface area contributed by atoms with Gasteiger partial charge in [-0.1, -0.05) is 40.6 Å². The van der Waals surface area contributed by atoms with Crippen LogP contribution in [-0.2, 0) is 13.6 Å². The molecule has 28 heavy (non-hydrogen) atoms. The van der Waals surface area contributed by atoms with Crippen LogP contribution in [0.3, 0.4) is 0 Å². The second-order valence-corrected chi connectivity index (χ2v) is 7.77. The minimum Gasteiger partial charge on any atom is -0.313 e. The fourth-order valence-electron chi connectivity index (χ4n) is 2.71. The lowest BCUT2D eigenvalue weighted by atomic mass is 10.2. The third-order valence-corrected chi connectivity index (χ3v) is 5.69. The Morgan fingerprint density at radius 3 is 2.71 bits per heavy atom. The van der Waals surface area contributed by atoms with E-state index in [0.29, 0.717) is 37.3 Å². The lowest BCUT2D eigenvalue weighted by Gasteiger charge is -2.05. The van der Waals surface area contributed by atoms with Crippen LogP contribution in [0.1, 0.15) is 11.3 Å². The Morgan fingerprint density at radius 2 is 2.00 bits per heavy atom. The lowest BCUT2D eigenvalue weighted by molar-refractivity contribution is 0.586. The van der Waals surface area contributed by atoms with Crippen LogP contribution >= 0.6 is 34.5 Å². The van der Waals surface area contributed by atoms with Crippen molar-refractivity contribution in [3.05, 3.63) is 57.6 Å². The smallest absolute Gasteiger partial charge is 0.211 e. The summed E-state index contributed by atoms with van der Waals surface area (Å²) >= 11 is 13.7. The number of benzene rings is 1. The van der Waals surface area contributed by atoms with Crippen molar-refractivity contribution in [1.82, 2.24) is 29.8 Å². The van der Waals surface area contributed by atoms with E-state index < -0.39 is 0 Å². The minimum atomic E-state index is -0.366. The molecule has 1 N–H and O–H groups in total. The molecule has 0 saturated carbocycles. The Kier molecular flexibility index (Phi) is 5.05. The molecular formula is C17H14Cl2FN7S. The fraction of sp³-hybridized carbons (Fsp3) is 0.176. The average Bonchev–Trinajstić information content (AvgIpc) is 3.33. The first-order chi connectivity index (χ1) is 13.4. The Morgan fingerprint density at radius 1 is 1.18 bits per heavy atom. The number of aryl methyl sites for hydroxylation is 2. The Bertz CT molecular complexity index is 1130. The number of hydrogen-bond donors (Lipinski definition) is 1. The predicted molar refractivity (Wildman–Crippen MR) is 108 cm³/mol. The van der Waals surface area contributed by atoms with Gasteiger partial charge < -0.3 is 5.32 Å². The van der Waals surface area contributed by atoms with E-state index in [1.165, 1.54) is 17.4 Å². The minimum absolute atomic E-state index is 0.221. The van der Waals surface area contributed by atoms with Crippen LogP contribution < -0.4 is 5.32 Å². The average molecular weight is 438 g/mol. The van der Waals surface area contributed by atoms with Crippen molar-refractivity contribution < 1.29 is 4.39 Å². The third kappa shape index (κ3) is 3.60. The van der Waals surface area contributed by atoms with Gasteiger partial charge in [0.15, 0.2) is 10.8 Å². The van der Waals surface area contributed by atoms with Crippen LogP contribution in [0.4, 0.5) is 15.3 Å². The normalized spacial score (nSPS) is 11.2. The van der Waals surface area contributed by atoms with Crippen LogP contribution in [0.15, 0.2) is 30.5 Å². The van der Waals surface area contributed by atoms with Gasteiger partial charge >= 0.3 is 0 Å². The highest BCUT2D eigenvalue weighted by Gasteiger charge is 2.18. The van der Waals surface area contributed by atoms with E-state index >= 15 is 0 Å². The van der Waals surface area contributed by atoms with Crippen molar-refractivity contribution in [3.63, 3.8) is 0 Å². The molecule has 0 fully saturated rings. The maximum absolute atomic E-state index is 13.9. The van der Waals surface area contributed by atoms with Gasteiger partial charge in [0, 0.05) is 29.9 Å². The van der Waals surface area contributed by atoms with E-state index in [-0.39, 0.29) is 12.4 Å². The van der Waals surface area contributed by atoms with Crippen molar-refractivity contribution in [2.24, 2.45) is 7.05 Å². The van der Waals surface area contributed by atoms with E-state index in [2.05, 4.69) is 25.7 Å². The molecule has 0 unspecified atom stereocenters. The summed E-state index contributed by atoms with van der Waals surface area (Å²) in [4.78, 5) is 0. The summed E-state index contributed by atoms with van der Waals surface area (Å²) in [5, 5.41) is 22.2. The predicted octanol–water partition coefficient (Wildman–Crippen LogP) is 4.68. The molecule has 0 amide bonds. The molecule has 0 aliphatic heterocycles. The van der Waals surface area contributed by atoms with Gasteiger partial charge in [-0.05, 0) is 19.1 Å². The third-order valence-electron chi connectivity index (χ3n) is 4.03. The molecule has 11 heteroatoms. The first kappa shape index (κ1) is 18.9. The Balaban J connectivity index is 1.51. The van der Waals surface area contributed by atoms with Crippen molar-refractivity contribution >= 4 is 45.5 Å². The summed E-state index contributed by atoms with van der Waals surface area (Å²) in [6.45, 7) is 2.05. The lowest BCUT2D eigenvalue weighted by Crippen LogP contribution is -2.04. The Labute approximate surface area is 173 Å². The monoisotopic (exact) mass is 437 g/mol. The summed E-state index contributed by atoms with van der Waals surface area (Å²) in [7, 11) is 1.80. The molecule has 4 rings (SSSR count). The maximum Gasteiger partial charge on any atom is 0.211 e. The van der Waals surface area contributed by atoms with Crippen LogP contribution in [0, 0.1) is 12.7 Å². The molecule has 3 heterocycles. The number of anilines is 2. The molecule has 7 nitrogen and oxygen atoms in total. The number of halogens is 3. The summed E-state index contributed by atoms with van der Waals surface area (Å²) in [5.74, 6) is 0.192. The standard InChI is InChI=1S/C17H14Cl2FN7S/c1-9-14(19)15(26(2)24-9)16-22-23-17(28-16)21-13-6-7-27(25-13)8-10-11(18)4-3-5-12(10)20/h3-7H,8H2,1-2H3,(H,21,23,25). The molecule has 0 saturated heterocycles. The number of nitrogens with one attached hydrogen (secondary N) is 1. The second kappa shape index (κ2) is 7.50. The van der Waals surface area contributed by atoms with Crippen molar-refractivity contribution in [2.75, 3.05) is 5.32 Å². The van der Waals surface area contributed by atoms with Crippen molar-refractivity contribution in [2.45, 2.75) is 13.5 Å². The molecule has 0 aliphatic carbocycles. The molecule has 0 aliphatic rings. The number of nitrogens with zero attached hydrogens (tertiary/aromatic N) is 6. The highest BCUT2D eigenvalue weighted by Crippen LogP contribution is 2.34. The zero-order chi connectivity index (χ0) is 19.8. The van der Waals surface area contributed by atoms with E-state index in [1.807, 2.05) is 6.92 Å². The molecule has 0 radical (unpaired) electrons. The zero-order valence-corrected chi connectivity index (χ0v) is 17.1. The van der Waals surface area contributed by atoms with Crippen LogP contribution in [0.2, 0.25) is 10.0 Å². The van der Waals surface area contributed by atoms with Crippen LogP contribution in [0.5, 0.6) is 0 Å². The van der Waals surface area contributed by atoms with Gasteiger partial charge in [-0.2, -0.15) is 10.2 Å². The molecular weight excluding hydrogens is 424 g/mol. The summed E-state index contributed by atoms with van der Waals surface area (Å²) in [5.41, 5.74) is 1.83. The quantitative estimate of drug-likeness (QED) is 0.490. The fourth-order valence-corrected chi connectivity index (χ4v) is 4.07. The number of rotatable bonds is 5. The highest BCUT2D eigenvalue weighted by atomic mass is 35.5. The molecule has 4 aromatic rings. The molecule has 0 atom stereocenters. The zero-order valence-electron chi connectivity index (χ0n) is 14.8. The van der Waals surface area contributed by atoms with Gasteiger partial charge in [0.1, 0.15) is 11.5 Å². The van der Waals surface area contributed by atoms with E-state index in [9.17, 15) is 4.39 Å². The van der Waals surface area contributed by atoms with Gasteiger partial charge in [0.25, 0.3) is 0 Å². The summed E-state index contributed by atoms with van der Waals surface area (Å²) in [6, 6.07) is 6.35. The van der Waals surface area contributed by atoms with Gasteiger partial charge in [-0.3, -0.25) is 9.36 Å². The maximum atomic E-state index is 13.9. The van der Waals surface area contributed by atoms with Crippen molar-refractivity contribution in [1.29, 1.82) is 0 Å². The largest absolute Gasteiger partial charge is 0.313 e. The molecule has 0 spiro atoms. The van der Waals surface area contributed by atoms with Crippen LogP contribution in [-0.4, -0.2) is 29.8 Å². The highest BCUT2D eigenvalue weighted by molar-refractivity contribution is 7.18. The number of aromatic nitrogens is 6. The SMILES string of the molecule is Cc1nn(C)c(-c2nnc(Nc3ccn(Cc4c(F)cccc4Cl)n3)s2)c1Cl. The molecule has 3 aromatic heterocycles. The van der Waals surface area contributed by atoms with E-state index in [1.54, 1.807) is 40.8 Å². The first-order valence-electron chi connectivity index (χ1n) is 8.18. The summed E-state index contributed by atoms with van der Waals surface area (Å²) in [6.07, 6.45) is 1.73.